The SMILES string of the molecule is CCCCCCCCCCCCCCCCCCCCCCC/C=C/C(O)C(CO)NC(=O)CCCCCCCCCCCCCCCCCCC/C=C\CCCCCCCCCCCCCCCCOC(=O)CCCCCCCCCCCCCCCCCCC. The molecule has 0 saturated heterocycles. The molecule has 0 aromatic carbocycles. The van der Waals surface area contributed by atoms with Crippen LogP contribution in [0.3, 0.4) is 0 Å². The van der Waals surface area contributed by atoms with Crippen molar-refractivity contribution >= 4 is 11.9 Å². The summed E-state index contributed by atoms with van der Waals surface area (Å²) in [5.74, 6) is -0.0337. The van der Waals surface area contributed by atoms with Crippen LogP contribution in [0.4, 0.5) is 0 Å². The number of aliphatic hydroxyl groups excluding tert-OH is 2. The monoisotopic (exact) mass is 1290 g/mol. The number of ether oxygens (including phenoxy) is 1. The molecule has 0 fully saturated rings. The molecule has 92 heavy (non-hydrogen) atoms. The Hall–Kier alpha value is -1.66. The van der Waals surface area contributed by atoms with E-state index in [9.17, 15) is 19.8 Å². The van der Waals surface area contributed by atoms with Gasteiger partial charge in [-0.2, -0.15) is 0 Å². The van der Waals surface area contributed by atoms with Gasteiger partial charge in [-0.15, -0.1) is 0 Å². The molecule has 0 spiro atoms. The first kappa shape index (κ1) is 90.3. The van der Waals surface area contributed by atoms with Crippen LogP contribution >= 0.6 is 0 Å². The Morgan fingerprint density at radius 2 is 0.511 bits per heavy atom. The molecule has 0 radical (unpaired) electrons. The lowest BCUT2D eigenvalue weighted by Gasteiger charge is -2.20. The molecule has 0 aliphatic heterocycles. The van der Waals surface area contributed by atoms with Crippen LogP contribution in [0.25, 0.3) is 0 Å². The molecule has 2 atom stereocenters. The van der Waals surface area contributed by atoms with Crippen molar-refractivity contribution in [1.82, 2.24) is 5.32 Å². The van der Waals surface area contributed by atoms with Gasteiger partial charge in [-0.3, -0.25) is 9.59 Å². The summed E-state index contributed by atoms with van der Waals surface area (Å²) in [6.45, 7) is 4.97. The smallest absolute Gasteiger partial charge is 0.305 e. The predicted octanol–water partition coefficient (Wildman–Crippen LogP) is 28.4. The number of unbranched alkanes of at least 4 members (excludes halogenated alkanes) is 68. The summed E-state index contributed by atoms with van der Waals surface area (Å²) < 4.78 is 5.52. The van der Waals surface area contributed by atoms with E-state index in [1.807, 2.05) is 6.08 Å². The zero-order chi connectivity index (χ0) is 66.3. The molecule has 6 nitrogen and oxygen atoms in total. The third-order valence-electron chi connectivity index (χ3n) is 20.2. The highest BCUT2D eigenvalue weighted by Crippen LogP contribution is 2.21. The van der Waals surface area contributed by atoms with Gasteiger partial charge in [0.2, 0.25) is 5.91 Å². The Labute approximate surface area is 577 Å². The Morgan fingerprint density at radius 1 is 0.293 bits per heavy atom. The Bertz CT molecular complexity index is 1450. The summed E-state index contributed by atoms with van der Waals surface area (Å²) in [6.07, 6.45) is 106. The summed E-state index contributed by atoms with van der Waals surface area (Å²) in [6, 6.07) is -0.626. The zero-order valence-electron chi connectivity index (χ0n) is 62.8. The average molecular weight is 1300 g/mol. The van der Waals surface area contributed by atoms with Gasteiger partial charge in [0.05, 0.1) is 25.4 Å². The number of allylic oxidation sites excluding steroid dienone is 3. The van der Waals surface area contributed by atoms with Crippen LogP contribution < -0.4 is 5.32 Å². The number of nitrogens with one attached hydrogen (secondary N) is 1. The van der Waals surface area contributed by atoms with E-state index < -0.39 is 12.1 Å². The number of esters is 1. The quantitative estimate of drug-likeness (QED) is 0.0320. The number of aliphatic hydroxyl groups is 2. The fourth-order valence-electron chi connectivity index (χ4n) is 13.8. The Morgan fingerprint density at radius 3 is 0.772 bits per heavy atom. The van der Waals surface area contributed by atoms with Crippen LogP contribution in [0.1, 0.15) is 489 Å². The number of hydrogen-bond acceptors (Lipinski definition) is 5. The second-order valence-electron chi connectivity index (χ2n) is 29.5. The minimum Gasteiger partial charge on any atom is -0.466 e. The summed E-state index contributed by atoms with van der Waals surface area (Å²) in [4.78, 5) is 24.7. The third kappa shape index (κ3) is 77.3. The van der Waals surface area contributed by atoms with E-state index >= 15 is 0 Å². The van der Waals surface area contributed by atoms with Crippen molar-refractivity contribution in [3.05, 3.63) is 24.3 Å². The van der Waals surface area contributed by atoms with Gasteiger partial charge in [-0.25, -0.2) is 0 Å². The van der Waals surface area contributed by atoms with Crippen LogP contribution in [0.5, 0.6) is 0 Å². The molecule has 2 unspecified atom stereocenters. The number of rotatable bonds is 81. The lowest BCUT2D eigenvalue weighted by atomic mass is 10.0. The van der Waals surface area contributed by atoms with E-state index in [2.05, 4.69) is 31.3 Å². The van der Waals surface area contributed by atoms with E-state index in [1.54, 1.807) is 6.08 Å². The van der Waals surface area contributed by atoms with E-state index in [4.69, 9.17) is 4.74 Å². The maximum absolute atomic E-state index is 12.6. The normalized spacial score (nSPS) is 12.5. The molecule has 3 N–H and O–H groups in total. The number of carbonyl (C=O) groups excluding carboxylic acids is 2. The highest BCUT2D eigenvalue weighted by Gasteiger charge is 2.18. The second kappa shape index (κ2) is 81.8. The molecule has 0 bridgehead atoms. The molecular weight excluding hydrogens is 1130 g/mol. The van der Waals surface area contributed by atoms with Crippen molar-refractivity contribution in [2.24, 2.45) is 0 Å². The minimum atomic E-state index is -0.843. The Kier molecular flexibility index (Phi) is 80.3. The fraction of sp³-hybridized carbons (Fsp3) is 0.930. The molecule has 0 rings (SSSR count). The van der Waals surface area contributed by atoms with Gasteiger partial charge in [0.1, 0.15) is 0 Å². The standard InChI is InChI=1S/C86H167NO5/c1-3-5-7-9-11-13-15-17-19-21-22-23-37-40-43-47-50-54-58-62-66-70-74-78-84(89)83(82-88)87-85(90)79-75-71-67-63-59-55-51-48-44-41-38-35-33-31-29-27-25-24-26-28-30-32-34-36-39-42-45-49-53-57-61-65-69-73-77-81-92-86(91)80-76-72-68-64-60-56-52-46-20-18-16-14-12-10-8-6-4-2/h26,28,74,78,83-84,88-89H,3-25,27,29-73,75-77,79-82H2,1-2H3,(H,87,90)/b28-26-,78-74+. The molecule has 0 aromatic heterocycles. The molecule has 0 aliphatic carbocycles. The number of amides is 1. The second-order valence-corrected chi connectivity index (χ2v) is 29.5. The summed E-state index contributed by atoms with van der Waals surface area (Å²) in [5.41, 5.74) is 0. The first-order valence-electron chi connectivity index (χ1n) is 42.6. The maximum atomic E-state index is 12.6. The van der Waals surface area contributed by atoms with E-state index in [1.165, 1.54) is 424 Å². The van der Waals surface area contributed by atoms with Gasteiger partial charge in [-0.1, -0.05) is 443 Å². The number of hydrogen-bond donors (Lipinski definition) is 3. The summed E-state index contributed by atoms with van der Waals surface area (Å²) >= 11 is 0. The van der Waals surface area contributed by atoms with Crippen molar-refractivity contribution in [2.45, 2.75) is 501 Å². The lowest BCUT2D eigenvalue weighted by Crippen LogP contribution is -2.45. The van der Waals surface area contributed by atoms with Crippen LogP contribution in [0.15, 0.2) is 24.3 Å². The van der Waals surface area contributed by atoms with Gasteiger partial charge in [0.15, 0.2) is 0 Å². The van der Waals surface area contributed by atoms with Crippen molar-refractivity contribution < 1.29 is 24.5 Å². The molecule has 1 amide bonds. The van der Waals surface area contributed by atoms with Crippen LogP contribution in [-0.2, 0) is 14.3 Å². The van der Waals surface area contributed by atoms with Crippen molar-refractivity contribution in [2.75, 3.05) is 13.2 Å². The van der Waals surface area contributed by atoms with E-state index in [0.29, 0.717) is 19.4 Å². The highest BCUT2D eigenvalue weighted by molar-refractivity contribution is 5.76. The minimum absolute atomic E-state index is 0.0252. The lowest BCUT2D eigenvalue weighted by molar-refractivity contribution is -0.143. The molecule has 0 heterocycles. The fourth-order valence-corrected chi connectivity index (χ4v) is 13.8. The molecule has 0 aromatic rings. The predicted molar refractivity (Wildman–Crippen MR) is 407 cm³/mol. The molecule has 546 valence electrons. The maximum Gasteiger partial charge on any atom is 0.305 e. The highest BCUT2D eigenvalue weighted by atomic mass is 16.5. The zero-order valence-corrected chi connectivity index (χ0v) is 62.8. The van der Waals surface area contributed by atoms with Crippen LogP contribution in [-0.4, -0.2) is 47.4 Å². The van der Waals surface area contributed by atoms with Gasteiger partial charge in [0.25, 0.3) is 0 Å². The van der Waals surface area contributed by atoms with E-state index in [0.717, 1.165) is 38.5 Å². The van der Waals surface area contributed by atoms with Crippen LogP contribution in [0, 0.1) is 0 Å². The average Bonchev–Trinajstić information content (AvgIpc) is 3.74. The topological polar surface area (TPSA) is 95.9 Å². The van der Waals surface area contributed by atoms with Gasteiger partial charge in [0, 0.05) is 12.8 Å². The van der Waals surface area contributed by atoms with Gasteiger partial charge < -0.3 is 20.3 Å². The molecular formula is C86H167NO5. The van der Waals surface area contributed by atoms with Crippen molar-refractivity contribution in [3.8, 4) is 0 Å². The largest absolute Gasteiger partial charge is 0.466 e. The first-order valence-corrected chi connectivity index (χ1v) is 42.6. The molecule has 0 aliphatic rings. The Balaban J connectivity index is 3.35. The third-order valence-corrected chi connectivity index (χ3v) is 20.2. The van der Waals surface area contributed by atoms with Crippen molar-refractivity contribution in [1.29, 1.82) is 0 Å². The first-order chi connectivity index (χ1) is 45.5. The van der Waals surface area contributed by atoms with Crippen molar-refractivity contribution in [3.63, 3.8) is 0 Å². The van der Waals surface area contributed by atoms with Crippen LogP contribution in [0.2, 0.25) is 0 Å². The van der Waals surface area contributed by atoms with E-state index in [-0.39, 0.29) is 18.5 Å². The number of carbonyl (C=O) groups is 2. The molecule has 0 saturated carbocycles. The summed E-state index contributed by atoms with van der Waals surface area (Å²) in [7, 11) is 0. The van der Waals surface area contributed by atoms with Gasteiger partial charge in [-0.05, 0) is 57.8 Å². The molecule has 6 heteroatoms. The summed E-state index contributed by atoms with van der Waals surface area (Å²) in [5, 5.41) is 23.3. The van der Waals surface area contributed by atoms with Gasteiger partial charge >= 0.3 is 5.97 Å².